The summed E-state index contributed by atoms with van der Waals surface area (Å²) in [5, 5.41) is 3.65. The summed E-state index contributed by atoms with van der Waals surface area (Å²) in [6, 6.07) is 11.8. The van der Waals surface area contributed by atoms with E-state index in [1.165, 1.54) is 0 Å². The van der Waals surface area contributed by atoms with Crippen molar-refractivity contribution < 1.29 is 19.1 Å². The molecular weight excluding hydrogens is 360 g/mol. The Morgan fingerprint density at radius 2 is 1.82 bits per heavy atom. The Hall–Kier alpha value is -3.35. The minimum atomic E-state index is -0.758. The number of pyridine rings is 1. The van der Waals surface area contributed by atoms with Crippen molar-refractivity contribution in [3.8, 4) is 5.75 Å². The van der Waals surface area contributed by atoms with E-state index >= 15 is 0 Å². The van der Waals surface area contributed by atoms with E-state index in [1.807, 2.05) is 29.8 Å². The van der Waals surface area contributed by atoms with Crippen molar-refractivity contribution in [1.29, 1.82) is 0 Å². The molecule has 1 heterocycles. The SMILES string of the molecule is CCOC(=O)C(C)NC(=O)COc1ccc2c(c1)c(=O)c1ccccc1n2C. The van der Waals surface area contributed by atoms with Gasteiger partial charge in [0, 0.05) is 17.8 Å². The lowest BCUT2D eigenvalue weighted by atomic mass is 10.1. The molecule has 3 aromatic rings. The molecule has 2 aromatic carbocycles. The normalized spacial score (nSPS) is 12.0. The van der Waals surface area contributed by atoms with E-state index in [-0.39, 0.29) is 18.6 Å². The van der Waals surface area contributed by atoms with Gasteiger partial charge in [-0.25, -0.2) is 4.79 Å². The molecule has 0 radical (unpaired) electrons. The highest BCUT2D eigenvalue weighted by Crippen LogP contribution is 2.22. The predicted octanol–water partition coefficient (Wildman–Crippen LogP) is 2.14. The molecule has 0 aliphatic carbocycles. The third-order valence-electron chi connectivity index (χ3n) is 4.47. The molecule has 0 saturated carbocycles. The second-order valence-electron chi connectivity index (χ2n) is 6.41. The van der Waals surface area contributed by atoms with Gasteiger partial charge in [0.1, 0.15) is 11.8 Å². The number of carbonyl (C=O) groups excluding carboxylic acids is 2. The van der Waals surface area contributed by atoms with Gasteiger partial charge >= 0.3 is 5.97 Å². The smallest absolute Gasteiger partial charge is 0.328 e. The largest absolute Gasteiger partial charge is 0.484 e. The lowest BCUT2D eigenvalue weighted by Crippen LogP contribution is -2.41. The number of amides is 1. The van der Waals surface area contributed by atoms with Gasteiger partial charge in [-0.2, -0.15) is 0 Å². The Labute approximate surface area is 161 Å². The Balaban J connectivity index is 1.79. The number of nitrogens with zero attached hydrogens (tertiary/aromatic N) is 1. The third-order valence-corrected chi connectivity index (χ3v) is 4.47. The van der Waals surface area contributed by atoms with Crippen molar-refractivity contribution in [2.45, 2.75) is 19.9 Å². The van der Waals surface area contributed by atoms with Crippen molar-refractivity contribution in [3.05, 3.63) is 52.7 Å². The fraction of sp³-hybridized carbons (Fsp3) is 0.286. The van der Waals surface area contributed by atoms with Crippen LogP contribution in [0.2, 0.25) is 0 Å². The van der Waals surface area contributed by atoms with Gasteiger partial charge in [-0.15, -0.1) is 0 Å². The molecule has 1 aromatic heterocycles. The van der Waals surface area contributed by atoms with Crippen LogP contribution in [0.25, 0.3) is 21.8 Å². The van der Waals surface area contributed by atoms with Gasteiger partial charge in [-0.1, -0.05) is 12.1 Å². The monoisotopic (exact) mass is 382 g/mol. The summed E-state index contributed by atoms with van der Waals surface area (Å²) in [7, 11) is 1.90. The average Bonchev–Trinajstić information content (AvgIpc) is 2.70. The molecule has 1 amide bonds. The van der Waals surface area contributed by atoms with Crippen molar-refractivity contribution >= 4 is 33.7 Å². The Morgan fingerprint density at radius 1 is 1.11 bits per heavy atom. The summed E-state index contributed by atoms with van der Waals surface area (Å²) >= 11 is 0. The summed E-state index contributed by atoms with van der Waals surface area (Å²) in [5.74, 6) is -0.553. The lowest BCUT2D eigenvalue weighted by molar-refractivity contribution is -0.147. The van der Waals surface area contributed by atoms with Gasteiger partial charge in [0.2, 0.25) is 0 Å². The maximum absolute atomic E-state index is 12.8. The van der Waals surface area contributed by atoms with Crippen molar-refractivity contribution in [2.75, 3.05) is 13.2 Å². The van der Waals surface area contributed by atoms with Crippen LogP contribution in [-0.2, 0) is 21.4 Å². The molecule has 28 heavy (non-hydrogen) atoms. The van der Waals surface area contributed by atoms with Crippen LogP contribution in [0.4, 0.5) is 0 Å². The first kappa shape index (κ1) is 19.4. The highest BCUT2D eigenvalue weighted by atomic mass is 16.5. The zero-order valence-electron chi connectivity index (χ0n) is 16.0. The number of esters is 1. The van der Waals surface area contributed by atoms with Gasteiger partial charge < -0.3 is 19.4 Å². The van der Waals surface area contributed by atoms with Gasteiger partial charge in [-0.05, 0) is 44.2 Å². The first-order valence-corrected chi connectivity index (χ1v) is 9.02. The van der Waals surface area contributed by atoms with Gasteiger partial charge in [-0.3, -0.25) is 9.59 Å². The topological polar surface area (TPSA) is 86.6 Å². The van der Waals surface area contributed by atoms with Crippen molar-refractivity contribution in [2.24, 2.45) is 7.05 Å². The maximum atomic E-state index is 12.8. The second-order valence-corrected chi connectivity index (χ2v) is 6.41. The second kappa shape index (κ2) is 8.12. The molecule has 0 aliphatic rings. The quantitative estimate of drug-likeness (QED) is 0.521. The molecule has 3 rings (SSSR count). The van der Waals surface area contributed by atoms with E-state index in [4.69, 9.17) is 9.47 Å². The number of hydrogen-bond acceptors (Lipinski definition) is 5. The fourth-order valence-electron chi connectivity index (χ4n) is 3.07. The zero-order valence-corrected chi connectivity index (χ0v) is 16.0. The molecule has 7 nitrogen and oxygen atoms in total. The van der Waals surface area contributed by atoms with Crippen LogP contribution in [0.1, 0.15) is 13.8 Å². The van der Waals surface area contributed by atoms with E-state index < -0.39 is 17.9 Å². The van der Waals surface area contributed by atoms with Crippen molar-refractivity contribution in [1.82, 2.24) is 9.88 Å². The van der Waals surface area contributed by atoms with Crippen LogP contribution < -0.4 is 15.5 Å². The van der Waals surface area contributed by atoms with Gasteiger partial charge in [0.15, 0.2) is 12.0 Å². The number of ether oxygens (including phenoxy) is 2. The molecule has 1 N–H and O–H groups in total. The average molecular weight is 382 g/mol. The minimum absolute atomic E-state index is 0.0884. The molecule has 7 heteroatoms. The number of nitrogens with one attached hydrogen (secondary N) is 1. The zero-order chi connectivity index (χ0) is 20.3. The summed E-state index contributed by atoms with van der Waals surface area (Å²) < 4.78 is 12.3. The minimum Gasteiger partial charge on any atom is -0.484 e. The number of carbonyl (C=O) groups is 2. The molecule has 0 aliphatic heterocycles. The molecule has 1 unspecified atom stereocenters. The standard InChI is InChI=1S/C21H22N2O5/c1-4-27-21(26)13(2)22-19(24)12-28-14-9-10-18-16(11-14)20(25)15-7-5-6-8-17(15)23(18)3/h5-11,13H,4,12H2,1-3H3,(H,22,24). The molecule has 0 spiro atoms. The van der Waals surface area contributed by atoms with Crippen LogP contribution >= 0.6 is 0 Å². The number of hydrogen-bond donors (Lipinski definition) is 1. The van der Waals surface area contributed by atoms with E-state index in [9.17, 15) is 14.4 Å². The van der Waals surface area contributed by atoms with Crippen molar-refractivity contribution in [3.63, 3.8) is 0 Å². The highest BCUT2D eigenvalue weighted by Gasteiger charge is 2.17. The first-order chi connectivity index (χ1) is 13.4. The fourth-order valence-corrected chi connectivity index (χ4v) is 3.07. The van der Waals surface area contributed by atoms with Crippen LogP contribution in [0.5, 0.6) is 5.75 Å². The Kier molecular flexibility index (Phi) is 5.63. The van der Waals surface area contributed by atoms with Crippen LogP contribution in [0.15, 0.2) is 47.3 Å². The highest BCUT2D eigenvalue weighted by molar-refractivity contribution is 5.94. The van der Waals surface area contributed by atoms with Crippen LogP contribution in [0, 0.1) is 0 Å². The van der Waals surface area contributed by atoms with Gasteiger partial charge in [0.05, 0.1) is 17.6 Å². The Morgan fingerprint density at radius 3 is 2.57 bits per heavy atom. The van der Waals surface area contributed by atoms with Crippen LogP contribution in [-0.4, -0.2) is 35.7 Å². The molecular formula is C21H22N2O5. The van der Waals surface area contributed by atoms with E-state index in [0.29, 0.717) is 16.5 Å². The summed E-state index contributed by atoms with van der Waals surface area (Å²) in [6.07, 6.45) is 0. The molecule has 146 valence electrons. The summed E-state index contributed by atoms with van der Waals surface area (Å²) in [6.45, 7) is 3.21. The van der Waals surface area contributed by atoms with Crippen LogP contribution in [0.3, 0.4) is 0 Å². The lowest BCUT2D eigenvalue weighted by Gasteiger charge is -2.14. The number of aryl methyl sites for hydroxylation is 1. The first-order valence-electron chi connectivity index (χ1n) is 9.02. The van der Waals surface area contributed by atoms with E-state index in [1.54, 1.807) is 38.1 Å². The summed E-state index contributed by atoms with van der Waals surface area (Å²) in [5.41, 5.74) is 1.53. The van der Waals surface area contributed by atoms with E-state index in [2.05, 4.69) is 5.32 Å². The summed E-state index contributed by atoms with van der Waals surface area (Å²) in [4.78, 5) is 36.4. The number of aromatic nitrogens is 1. The Bertz CT molecular complexity index is 1100. The number of para-hydroxylation sites is 1. The number of benzene rings is 2. The molecule has 0 bridgehead atoms. The maximum Gasteiger partial charge on any atom is 0.328 e. The van der Waals surface area contributed by atoms with E-state index in [0.717, 1.165) is 11.0 Å². The molecule has 1 atom stereocenters. The predicted molar refractivity (Wildman–Crippen MR) is 106 cm³/mol. The number of fused-ring (bicyclic) bond motifs is 2. The third kappa shape index (κ3) is 3.83. The molecule has 0 saturated heterocycles. The van der Waals surface area contributed by atoms with Gasteiger partial charge in [0.25, 0.3) is 5.91 Å². The number of rotatable bonds is 6. The molecule has 0 fully saturated rings.